The number of hydrogen-bond acceptors (Lipinski definition) is 4. The van der Waals surface area contributed by atoms with Crippen LogP contribution in [0.25, 0.3) is 0 Å². The first-order chi connectivity index (χ1) is 13.8. The van der Waals surface area contributed by atoms with Gasteiger partial charge in [-0.15, -0.1) is 11.8 Å². The van der Waals surface area contributed by atoms with Crippen LogP contribution in [0.2, 0.25) is 0 Å². The quantitative estimate of drug-likeness (QED) is 0.821. The molecule has 0 radical (unpaired) electrons. The number of nitrogens with one attached hydrogen (secondary N) is 1. The molecule has 5 nitrogen and oxygen atoms in total. The fraction of sp³-hybridized carbons (Fsp3) is 0.250. The molecule has 2 aromatic rings. The Morgan fingerprint density at radius 2 is 1.79 bits per heavy atom. The van der Waals surface area contributed by atoms with E-state index in [0.717, 1.165) is 12.1 Å². The summed E-state index contributed by atoms with van der Waals surface area (Å²) in [6.07, 6.45) is -4.51. The van der Waals surface area contributed by atoms with Gasteiger partial charge in [0, 0.05) is 11.4 Å². The van der Waals surface area contributed by atoms with Gasteiger partial charge in [-0.25, -0.2) is 0 Å². The molecule has 0 spiro atoms. The Hall–Kier alpha value is -2.99. The molecular formula is C20H16F3N3O2S. The highest BCUT2D eigenvalue weighted by molar-refractivity contribution is 7.99. The minimum Gasteiger partial charge on any atom is -0.324 e. The molecule has 0 saturated carbocycles. The lowest BCUT2D eigenvalue weighted by molar-refractivity contribution is -0.137. The number of anilines is 1. The van der Waals surface area contributed by atoms with Crippen molar-refractivity contribution < 1.29 is 22.8 Å². The number of rotatable bonds is 4. The average molecular weight is 419 g/mol. The third kappa shape index (κ3) is 5.09. The summed E-state index contributed by atoms with van der Waals surface area (Å²) >= 11 is 1.43. The second-order valence-electron chi connectivity index (χ2n) is 6.43. The number of benzene rings is 2. The minimum absolute atomic E-state index is 0.0840. The van der Waals surface area contributed by atoms with Crippen LogP contribution in [0.1, 0.15) is 16.7 Å². The lowest BCUT2D eigenvalue weighted by Gasteiger charge is -2.23. The van der Waals surface area contributed by atoms with Gasteiger partial charge in [0.05, 0.1) is 29.5 Å². The van der Waals surface area contributed by atoms with Gasteiger partial charge < -0.3 is 10.2 Å². The fourth-order valence-electron chi connectivity index (χ4n) is 2.85. The molecule has 1 atom stereocenters. The maximum atomic E-state index is 12.7. The molecule has 1 fully saturated rings. The Balaban J connectivity index is 1.63. The number of halogens is 3. The summed E-state index contributed by atoms with van der Waals surface area (Å²) in [6.45, 7) is 0. The summed E-state index contributed by atoms with van der Waals surface area (Å²) in [5.41, 5.74) is 0.657. The molecule has 1 N–H and O–H groups in total. The maximum Gasteiger partial charge on any atom is 0.416 e. The molecule has 0 aliphatic carbocycles. The Bertz CT molecular complexity index is 937. The van der Waals surface area contributed by atoms with E-state index in [1.807, 2.05) is 6.07 Å². The molecule has 1 saturated heterocycles. The zero-order chi connectivity index (χ0) is 21.0. The van der Waals surface area contributed by atoms with Crippen molar-refractivity contribution in [1.82, 2.24) is 4.90 Å². The standard InChI is InChI=1S/C20H16F3N3O2S/c21-20(22,23)15-5-1-13(2-6-15)9-18(27)26-12-29-11-17(26)19(28)25-16-7-3-14(10-24)4-8-16/h1-8,17H,9,11-12H2,(H,25,28). The number of thioether (sulfide) groups is 1. The number of nitriles is 1. The Morgan fingerprint density at radius 3 is 2.38 bits per heavy atom. The van der Waals surface area contributed by atoms with Crippen LogP contribution < -0.4 is 5.32 Å². The summed E-state index contributed by atoms with van der Waals surface area (Å²) < 4.78 is 38.0. The molecule has 1 unspecified atom stereocenters. The first kappa shape index (κ1) is 20.7. The smallest absolute Gasteiger partial charge is 0.324 e. The SMILES string of the molecule is N#Cc1ccc(NC(=O)C2CSCN2C(=O)Cc2ccc(C(F)(F)F)cc2)cc1. The molecule has 1 aliphatic heterocycles. The first-order valence-electron chi connectivity index (χ1n) is 8.62. The van der Waals surface area contributed by atoms with E-state index in [0.29, 0.717) is 28.4 Å². The second kappa shape index (κ2) is 8.57. The zero-order valence-corrected chi connectivity index (χ0v) is 15.9. The van der Waals surface area contributed by atoms with Crippen molar-refractivity contribution in [2.75, 3.05) is 16.9 Å². The van der Waals surface area contributed by atoms with Crippen LogP contribution in [0.5, 0.6) is 0 Å². The third-order valence-corrected chi connectivity index (χ3v) is 5.44. The monoisotopic (exact) mass is 419 g/mol. The van der Waals surface area contributed by atoms with E-state index in [2.05, 4.69) is 5.32 Å². The first-order valence-corrected chi connectivity index (χ1v) is 9.78. The van der Waals surface area contributed by atoms with E-state index in [1.165, 1.54) is 28.8 Å². The van der Waals surface area contributed by atoms with Crippen LogP contribution in [0.4, 0.5) is 18.9 Å². The van der Waals surface area contributed by atoms with Gasteiger partial charge in [0.15, 0.2) is 0 Å². The van der Waals surface area contributed by atoms with Crippen LogP contribution >= 0.6 is 11.8 Å². The number of amides is 2. The molecule has 9 heteroatoms. The fourth-order valence-corrected chi connectivity index (χ4v) is 4.03. The van der Waals surface area contributed by atoms with E-state index >= 15 is 0 Å². The van der Waals surface area contributed by atoms with E-state index in [9.17, 15) is 22.8 Å². The van der Waals surface area contributed by atoms with Gasteiger partial charge >= 0.3 is 6.18 Å². The van der Waals surface area contributed by atoms with Crippen molar-refractivity contribution in [3.63, 3.8) is 0 Å². The number of alkyl halides is 3. The lowest BCUT2D eigenvalue weighted by Crippen LogP contribution is -2.45. The van der Waals surface area contributed by atoms with E-state index < -0.39 is 17.8 Å². The van der Waals surface area contributed by atoms with E-state index in [4.69, 9.17) is 5.26 Å². The Labute approximate surface area is 169 Å². The molecule has 1 aliphatic rings. The Morgan fingerprint density at radius 1 is 1.14 bits per heavy atom. The van der Waals surface area contributed by atoms with Crippen LogP contribution in [-0.2, 0) is 22.2 Å². The molecule has 1 heterocycles. The van der Waals surface area contributed by atoms with Gasteiger partial charge in [-0.2, -0.15) is 18.4 Å². The molecule has 2 aromatic carbocycles. The molecule has 29 heavy (non-hydrogen) atoms. The van der Waals surface area contributed by atoms with Crippen LogP contribution in [0.15, 0.2) is 48.5 Å². The van der Waals surface area contributed by atoms with Gasteiger partial charge in [0.2, 0.25) is 11.8 Å². The molecule has 0 aromatic heterocycles. The van der Waals surface area contributed by atoms with Crippen molar-refractivity contribution in [2.45, 2.75) is 18.6 Å². The maximum absolute atomic E-state index is 12.7. The van der Waals surface area contributed by atoms with E-state index in [-0.39, 0.29) is 18.2 Å². The normalized spacial score (nSPS) is 16.3. The molecule has 0 bridgehead atoms. The van der Waals surface area contributed by atoms with Gasteiger partial charge in [-0.1, -0.05) is 12.1 Å². The number of nitrogens with zero attached hydrogens (tertiary/aromatic N) is 2. The van der Waals surface area contributed by atoms with Crippen molar-refractivity contribution in [3.8, 4) is 6.07 Å². The van der Waals surface area contributed by atoms with E-state index in [1.54, 1.807) is 24.3 Å². The highest BCUT2D eigenvalue weighted by Crippen LogP contribution is 2.29. The van der Waals surface area contributed by atoms with Crippen molar-refractivity contribution >= 4 is 29.3 Å². The lowest BCUT2D eigenvalue weighted by atomic mass is 10.1. The van der Waals surface area contributed by atoms with Crippen molar-refractivity contribution in [2.24, 2.45) is 0 Å². The summed E-state index contributed by atoms with van der Waals surface area (Å²) in [5, 5.41) is 11.5. The molecular weight excluding hydrogens is 403 g/mol. The van der Waals surface area contributed by atoms with Gasteiger partial charge in [-0.3, -0.25) is 9.59 Å². The highest BCUT2D eigenvalue weighted by Gasteiger charge is 2.35. The molecule has 150 valence electrons. The van der Waals surface area contributed by atoms with Crippen molar-refractivity contribution in [3.05, 3.63) is 65.2 Å². The second-order valence-corrected chi connectivity index (χ2v) is 7.43. The Kier molecular flexibility index (Phi) is 6.13. The summed E-state index contributed by atoms with van der Waals surface area (Å²) in [7, 11) is 0. The van der Waals surface area contributed by atoms with Crippen LogP contribution in [0, 0.1) is 11.3 Å². The number of carbonyl (C=O) groups is 2. The van der Waals surface area contributed by atoms with Gasteiger partial charge in [-0.05, 0) is 42.0 Å². The van der Waals surface area contributed by atoms with Crippen LogP contribution in [0.3, 0.4) is 0 Å². The van der Waals surface area contributed by atoms with Gasteiger partial charge in [0.25, 0.3) is 0 Å². The summed E-state index contributed by atoms with van der Waals surface area (Å²) in [5.74, 6) is 0.0985. The van der Waals surface area contributed by atoms with Crippen LogP contribution in [-0.4, -0.2) is 34.4 Å². The number of hydrogen-bond donors (Lipinski definition) is 1. The summed E-state index contributed by atoms with van der Waals surface area (Å²) in [4.78, 5) is 26.6. The molecule has 2 amide bonds. The molecule has 3 rings (SSSR count). The highest BCUT2D eigenvalue weighted by atomic mass is 32.2. The summed E-state index contributed by atoms with van der Waals surface area (Å²) in [6, 6.07) is 12.1. The van der Waals surface area contributed by atoms with Crippen molar-refractivity contribution in [1.29, 1.82) is 5.26 Å². The largest absolute Gasteiger partial charge is 0.416 e. The third-order valence-electron chi connectivity index (χ3n) is 4.42. The topological polar surface area (TPSA) is 73.2 Å². The average Bonchev–Trinajstić information content (AvgIpc) is 3.18. The number of carbonyl (C=O) groups excluding carboxylic acids is 2. The zero-order valence-electron chi connectivity index (χ0n) is 15.1. The predicted molar refractivity (Wildman–Crippen MR) is 103 cm³/mol. The van der Waals surface area contributed by atoms with Gasteiger partial charge in [0.1, 0.15) is 6.04 Å². The minimum atomic E-state index is -4.43. The predicted octanol–water partition coefficient (Wildman–Crippen LogP) is 3.66.